The Balaban J connectivity index is 1.61. The van der Waals surface area contributed by atoms with Crippen LogP contribution in [0.5, 0.6) is 5.75 Å². The van der Waals surface area contributed by atoms with Crippen LogP contribution in [0, 0.1) is 6.92 Å². The van der Waals surface area contributed by atoms with Gasteiger partial charge in [0.25, 0.3) is 0 Å². The summed E-state index contributed by atoms with van der Waals surface area (Å²) in [5.41, 5.74) is 2.85. The fourth-order valence-electron chi connectivity index (χ4n) is 3.93. The zero-order valence-electron chi connectivity index (χ0n) is 19.7. The van der Waals surface area contributed by atoms with E-state index in [0.717, 1.165) is 22.4 Å². The number of hydrogen-bond acceptors (Lipinski definition) is 4. The van der Waals surface area contributed by atoms with E-state index in [0.29, 0.717) is 13.2 Å². The van der Waals surface area contributed by atoms with E-state index >= 15 is 0 Å². The number of aryl methyl sites for hydroxylation is 1. The highest BCUT2D eigenvalue weighted by Gasteiger charge is 2.29. The van der Waals surface area contributed by atoms with Crippen LogP contribution >= 0.6 is 0 Å². The van der Waals surface area contributed by atoms with Crippen molar-refractivity contribution in [2.75, 3.05) is 13.2 Å². The minimum atomic E-state index is -3.77. The molecule has 4 aromatic carbocycles. The van der Waals surface area contributed by atoms with Gasteiger partial charge in [-0.1, -0.05) is 96.6 Å². The van der Waals surface area contributed by atoms with Gasteiger partial charge >= 0.3 is 0 Å². The molecule has 0 amide bonds. The summed E-state index contributed by atoms with van der Waals surface area (Å²) in [7, 11) is -3.77. The maximum Gasteiger partial charge on any atom is 0.241 e. The molecule has 0 aliphatic rings. The summed E-state index contributed by atoms with van der Waals surface area (Å²) in [6.45, 7) is 2.91. The molecule has 0 heterocycles. The van der Waals surface area contributed by atoms with Crippen LogP contribution in [-0.2, 0) is 10.0 Å². The van der Waals surface area contributed by atoms with Crippen LogP contribution in [0.1, 0.15) is 28.8 Å². The van der Waals surface area contributed by atoms with E-state index < -0.39 is 16.1 Å². The highest BCUT2D eigenvalue weighted by molar-refractivity contribution is 7.89. The van der Waals surface area contributed by atoms with Gasteiger partial charge in [-0.15, -0.1) is 0 Å². The Morgan fingerprint density at radius 3 is 1.77 bits per heavy atom. The minimum absolute atomic E-state index is 0.239. The summed E-state index contributed by atoms with van der Waals surface area (Å²) in [6, 6.07) is 35.2. The molecule has 0 bridgehead atoms. The number of hydrogen-bond donors (Lipinski definition) is 2. The third-order valence-corrected chi connectivity index (χ3v) is 7.20. The van der Waals surface area contributed by atoms with Crippen LogP contribution in [0.3, 0.4) is 0 Å². The summed E-state index contributed by atoms with van der Waals surface area (Å²) in [5, 5.41) is 3.54. The van der Waals surface area contributed by atoms with Crippen molar-refractivity contribution in [2.24, 2.45) is 0 Å². The van der Waals surface area contributed by atoms with Crippen molar-refractivity contribution in [1.82, 2.24) is 10.0 Å². The predicted molar refractivity (Wildman–Crippen MR) is 140 cm³/mol. The van der Waals surface area contributed by atoms with Crippen molar-refractivity contribution in [3.63, 3.8) is 0 Å². The van der Waals surface area contributed by atoms with E-state index in [-0.39, 0.29) is 10.9 Å². The average molecular weight is 487 g/mol. The molecular formula is C29H30N2O3S. The van der Waals surface area contributed by atoms with Crippen LogP contribution in [0.4, 0.5) is 0 Å². The van der Waals surface area contributed by atoms with Gasteiger partial charge in [0.1, 0.15) is 12.4 Å². The lowest BCUT2D eigenvalue weighted by molar-refractivity contribution is 0.296. The number of para-hydroxylation sites is 1. The van der Waals surface area contributed by atoms with Crippen LogP contribution in [0.25, 0.3) is 0 Å². The van der Waals surface area contributed by atoms with E-state index in [4.69, 9.17) is 4.74 Å². The molecular weight excluding hydrogens is 456 g/mol. The first kappa shape index (κ1) is 24.7. The summed E-state index contributed by atoms with van der Waals surface area (Å²) >= 11 is 0. The lowest BCUT2D eigenvalue weighted by Gasteiger charge is -2.30. The van der Waals surface area contributed by atoms with E-state index in [1.165, 1.54) is 0 Å². The van der Waals surface area contributed by atoms with Crippen molar-refractivity contribution in [2.45, 2.75) is 23.9 Å². The van der Waals surface area contributed by atoms with Gasteiger partial charge in [-0.3, -0.25) is 0 Å². The second-order valence-electron chi connectivity index (χ2n) is 8.33. The van der Waals surface area contributed by atoms with Gasteiger partial charge in [-0.05, 0) is 42.3 Å². The molecule has 2 N–H and O–H groups in total. The van der Waals surface area contributed by atoms with Crippen molar-refractivity contribution >= 4 is 10.0 Å². The van der Waals surface area contributed by atoms with E-state index in [1.807, 2.05) is 97.9 Å². The molecule has 0 unspecified atom stereocenters. The van der Waals surface area contributed by atoms with Gasteiger partial charge in [0, 0.05) is 6.54 Å². The summed E-state index contributed by atoms with van der Waals surface area (Å²) in [4.78, 5) is 0.239. The van der Waals surface area contributed by atoms with Crippen molar-refractivity contribution < 1.29 is 13.2 Å². The third-order valence-electron chi connectivity index (χ3n) is 5.74. The van der Waals surface area contributed by atoms with Crippen LogP contribution in [0.2, 0.25) is 0 Å². The largest absolute Gasteiger partial charge is 0.492 e. The smallest absolute Gasteiger partial charge is 0.241 e. The first-order valence-corrected chi connectivity index (χ1v) is 13.1. The van der Waals surface area contributed by atoms with Crippen LogP contribution < -0.4 is 14.8 Å². The van der Waals surface area contributed by atoms with Gasteiger partial charge < -0.3 is 10.1 Å². The number of sulfonamides is 1. The summed E-state index contributed by atoms with van der Waals surface area (Å²) in [5.74, 6) is 0.797. The van der Waals surface area contributed by atoms with Crippen molar-refractivity contribution in [3.05, 3.63) is 132 Å². The standard InChI is InChI=1S/C29H30N2O3S/c1-23-17-19-27(20-18-23)35(32,33)31-29(25-13-7-3-8-14-25)28(24-11-5-2-6-12-24)30-21-22-34-26-15-9-4-10-16-26/h2-20,28-31H,21-22H2,1H3/t28-,29+/m0/s1. The molecule has 5 nitrogen and oxygen atoms in total. The zero-order valence-corrected chi connectivity index (χ0v) is 20.5. The normalized spacial score (nSPS) is 13.2. The maximum absolute atomic E-state index is 13.4. The van der Waals surface area contributed by atoms with Gasteiger partial charge in [0.2, 0.25) is 10.0 Å². The first-order chi connectivity index (χ1) is 17.0. The molecule has 0 aliphatic carbocycles. The lowest BCUT2D eigenvalue weighted by atomic mass is 9.94. The zero-order chi connectivity index (χ0) is 24.5. The second-order valence-corrected chi connectivity index (χ2v) is 10.0. The fraction of sp³-hybridized carbons (Fsp3) is 0.172. The average Bonchev–Trinajstić information content (AvgIpc) is 2.89. The Morgan fingerprint density at radius 1 is 0.686 bits per heavy atom. The number of benzene rings is 4. The molecule has 180 valence electrons. The fourth-order valence-corrected chi connectivity index (χ4v) is 5.17. The Morgan fingerprint density at radius 2 is 1.20 bits per heavy atom. The monoisotopic (exact) mass is 486 g/mol. The number of rotatable bonds is 11. The highest BCUT2D eigenvalue weighted by Crippen LogP contribution is 2.30. The summed E-state index contributed by atoms with van der Waals surface area (Å²) in [6.07, 6.45) is 0. The Bertz CT molecular complexity index is 1280. The van der Waals surface area contributed by atoms with Gasteiger partial charge in [0.05, 0.1) is 17.0 Å². The van der Waals surface area contributed by atoms with Gasteiger partial charge in [-0.25, -0.2) is 13.1 Å². The van der Waals surface area contributed by atoms with Crippen molar-refractivity contribution in [3.8, 4) is 5.75 Å². The molecule has 4 aromatic rings. The number of ether oxygens (including phenoxy) is 1. The Kier molecular flexibility index (Phi) is 8.32. The third kappa shape index (κ3) is 6.79. The molecule has 0 aromatic heterocycles. The van der Waals surface area contributed by atoms with E-state index in [2.05, 4.69) is 10.0 Å². The molecule has 0 saturated heterocycles. The molecule has 0 saturated carbocycles. The van der Waals surface area contributed by atoms with Crippen LogP contribution in [0.15, 0.2) is 120 Å². The van der Waals surface area contributed by atoms with Crippen molar-refractivity contribution in [1.29, 1.82) is 0 Å². The second kappa shape index (κ2) is 11.8. The molecule has 0 spiro atoms. The molecule has 0 fully saturated rings. The number of nitrogens with one attached hydrogen (secondary N) is 2. The lowest BCUT2D eigenvalue weighted by Crippen LogP contribution is -2.39. The quantitative estimate of drug-likeness (QED) is 0.278. The summed E-state index contributed by atoms with van der Waals surface area (Å²) < 4.78 is 35.7. The minimum Gasteiger partial charge on any atom is -0.492 e. The Hall–Kier alpha value is -3.45. The molecule has 2 atom stereocenters. The van der Waals surface area contributed by atoms with Gasteiger partial charge in [-0.2, -0.15) is 0 Å². The molecule has 4 rings (SSSR count). The maximum atomic E-state index is 13.4. The van der Waals surface area contributed by atoms with E-state index in [1.54, 1.807) is 24.3 Å². The molecule has 0 radical (unpaired) electrons. The molecule has 6 heteroatoms. The Labute approximate surface area is 207 Å². The van der Waals surface area contributed by atoms with Crippen LogP contribution in [-0.4, -0.2) is 21.6 Å². The molecule has 35 heavy (non-hydrogen) atoms. The predicted octanol–water partition coefficient (Wildman–Crippen LogP) is 5.42. The molecule has 0 aliphatic heterocycles. The van der Waals surface area contributed by atoms with Gasteiger partial charge in [0.15, 0.2) is 0 Å². The van der Waals surface area contributed by atoms with E-state index in [9.17, 15) is 8.42 Å². The topological polar surface area (TPSA) is 67.4 Å². The highest BCUT2D eigenvalue weighted by atomic mass is 32.2. The SMILES string of the molecule is Cc1ccc(S(=O)(=O)N[C@H](c2ccccc2)[C@@H](NCCOc2ccccc2)c2ccccc2)cc1. The first-order valence-electron chi connectivity index (χ1n) is 11.6.